The van der Waals surface area contributed by atoms with Gasteiger partial charge in [0.1, 0.15) is 0 Å². The summed E-state index contributed by atoms with van der Waals surface area (Å²) in [7, 11) is 0. The third-order valence-electron chi connectivity index (χ3n) is 4.82. The topological polar surface area (TPSA) is 29.3 Å². The predicted octanol–water partition coefficient (Wildman–Crippen LogP) is 2.95. The summed E-state index contributed by atoms with van der Waals surface area (Å²) in [5.74, 6) is 0.983. The van der Waals surface area contributed by atoms with Crippen molar-refractivity contribution in [3.8, 4) is 0 Å². The van der Waals surface area contributed by atoms with Gasteiger partial charge >= 0.3 is 0 Å². The molecule has 0 aromatic rings. The highest BCUT2D eigenvalue weighted by Crippen LogP contribution is 2.36. The monoisotopic (exact) mass is 254 g/mol. The van der Waals surface area contributed by atoms with Crippen molar-refractivity contribution in [2.75, 3.05) is 13.1 Å². The molecule has 3 heteroatoms. The fraction of sp³-hybridized carbons (Fsp3) is 0.929. The Balaban J connectivity index is 1.86. The van der Waals surface area contributed by atoms with E-state index in [0.29, 0.717) is 4.99 Å². The van der Waals surface area contributed by atoms with Crippen LogP contribution in [-0.4, -0.2) is 29.0 Å². The van der Waals surface area contributed by atoms with Crippen LogP contribution in [0.3, 0.4) is 0 Å². The average Bonchev–Trinajstić information content (AvgIpc) is 2.69. The molecule has 2 rings (SSSR count). The zero-order valence-corrected chi connectivity index (χ0v) is 12.1. The highest BCUT2D eigenvalue weighted by atomic mass is 32.1. The third kappa shape index (κ3) is 3.00. The summed E-state index contributed by atoms with van der Waals surface area (Å²) in [6.07, 6.45) is 8.27. The van der Waals surface area contributed by atoms with Crippen molar-refractivity contribution in [3.05, 3.63) is 0 Å². The van der Waals surface area contributed by atoms with E-state index in [1.807, 2.05) is 0 Å². The van der Waals surface area contributed by atoms with Crippen molar-refractivity contribution < 1.29 is 0 Å². The number of hydrogen-bond acceptors (Lipinski definition) is 2. The maximum absolute atomic E-state index is 5.80. The van der Waals surface area contributed by atoms with Gasteiger partial charge in [-0.05, 0) is 44.7 Å². The van der Waals surface area contributed by atoms with Gasteiger partial charge in [0.05, 0.1) is 4.99 Å². The normalized spacial score (nSPS) is 30.2. The fourth-order valence-corrected chi connectivity index (χ4v) is 3.43. The number of nitrogens with zero attached hydrogens (tertiary/aromatic N) is 1. The number of likely N-dealkylation sites (tertiary alicyclic amines) is 1. The van der Waals surface area contributed by atoms with Crippen LogP contribution in [0.4, 0.5) is 0 Å². The van der Waals surface area contributed by atoms with Gasteiger partial charge in [0, 0.05) is 11.5 Å². The Bertz CT molecular complexity index is 288. The van der Waals surface area contributed by atoms with Gasteiger partial charge in [0.15, 0.2) is 0 Å². The summed E-state index contributed by atoms with van der Waals surface area (Å²) in [4.78, 5) is 3.36. The Morgan fingerprint density at radius 2 is 2.00 bits per heavy atom. The number of thiocarbonyl (C=S) groups is 1. The Labute approximate surface area is 111 Å². The van der Waals surface area contributed by atoms with Crippen LogP contribution >= 0.6 is 12.2 Å². The van der Waals surface area contributed by atoms with Crippen LogP contribution in [0.2, 0.25) is 0 Å². The van der Waals surface area contributed by atoms with Gasteiger partial charge < -0.3 is 10.6 Å². The summed E-state index contributed by atoms with van der Waals surface area (Å²) in [5.41, 5.74) is 5.82. The summed E-state index contributed by atoms with van der Waals surface area (Å²) in [6.45, 7) is 6.81. The lowest BCUT2D eigenvalue weighted by atomic mass is 9.84. The zero-order chi connectivity index (χ0) is 12.5. The molecule has 2 nitrogen and oxygen atoms in total. The molecule has 0 bridgehead atoms. The zero-order valence-electron chi connectivity index (χ0n) is 11.2. The minimum atomic E-state index is 0.0160. The third-order valence-corrected chi connectivity index (χ3v) is 5.37. The standard InChI is InChI=1S/C14H26N2S/c1-14(2,13(15)17)8-10-16-9-7-11-5-3-4-6-12(11)16/h11-12H,3-10H2,1-2H3,(H2,15,17). The summed E-state index contributed by atoms with van der Waals surface area (Å²) >= 11 is 5.15. The first-order valence-electron chi connectivity index (χ1n) is 7.05. The van der Waals surface area contributed by atoms with Gasteiger partial charge in [0.2, 0.25) is 0 Å². The van der Waals surface area contributed by atoms with Crippen molar-refractivity contribution in [1.29, 1.82) is 0 Å². The van der Waals surface area contributed by atoms with Crippen LogP contribution in [0.25, 0.3) is 0 Å². The molecule has 2 N–H and O–H groups in total. The van der Waals surface area contributed by atoms with Crippen LogP contribution in [0, 0.1) is 11.3 Å². The largest absolute Gasteiger partial charge is 0.393 e. The lowest BCUT2D eigenvalue weighted by molar-refractivity contribution is 0.170. The Hall–Kier alpha value is -0.150. The SMILES string of the molecule is CC(C)(CCN1CCC2CCCCC21)C(N)=S. The van der Waals surface area contributed by atoms with Gasteiger partial charge in [-0.25, -0.2) is 0 Å². The summed E-state index contributed by atoms with van der Waals surface area (Å²) < 4.78 is 0. The highest BCUT2D eigenvalue weighted by Gasteiger charge is 2.36. The van der Waals surface area contributed by atoms with Gasteiger partial charge in [-0.2, -0.15) is 0 Å². The molecular weight excluding hydrogens is 228 g/mol. The Morgan fingerprint density at radius 1 is 1.29 bits per heavy atom. The van der Waals surface area contributed by atoms with E-state index in [-0.39, 0.29) is 5.41 Å². The average molecular weight is 254 g/mol. The minimum Gasteiger partial charge on any atom is -0.393 e. The number of rotatable bonds is 4. The molecule has 2 atom stereocenters. The molecule has 0 aromatic carbocycles. The maximum atomic E-state index is 5.80. The van der Waals surface area contributed by atoms with Crippen molar-refractivity contribution in [3.63, 3.8) is 0 Å². The van der Waals surface area contributed by atoms with Crippen LogP contribution in [0.5, 0.6) is 0 Å². The summed E-state index contributed by atoms with van der Waals surface area (Å²) in [6, 6.07) is 0.867. The van der Waals surface area contributed by atoms with Crippen LogP contribution < -0.4 is 5.73 Å². The Morgan fingerprint density at radius 3 is 2.71 bits per heavy atom. The van der Waals surface area contributed by atoms with E-state index in [1.54, 1.807) is 0 Å². The summed E-state index contributed by atoms with van der Waals surface area (Å²) in [5, 5.41) is 0. The van der Waals surface area contributed by atoms with Crippen molar-refractivity contribution in [1.82, 2.24) is 4.90 Å². The molecule has 1 aliphatic carbocycles. The van der Waals surface area contributed by atoms with Gasteiger partial charge in [-0.15, -0.1) is 0 Å². The second kappa shape index (κ2) is 5.23. The molecule has 1 heterocycles. The van der Waals surface area contributed by atoms with E-state index in [0.717, 1.165) is 18.4 Å². The van der Waals surface area contributed by atoms with Crippen molar-refractivity contribution >= 4 is 17.2 Å². The lowest BCUT2D eigenvalue weighted by Crippen LogP contribution is -2.39. The predicted molar refractivity (Wildman–Crippen MR) is 77.1 cm³/mol. The fourth-order valence-electron chi connectivity index (χ4n) is 3.33. The van der Waals surface area contributed by atoms with E-state index in [4.69, 9.17) is 18.0 Å². The van der Waals surface area contributed by atoms with Crippen LogP contribution in [0.15, 0.2) is 0 Å². The molecule has 0 spiro atoms. The first kappa shape index (κ1) is 13.3. The smallest absolute Gasteiger partial charge is 0.0784 e. The molecule has 1 aliphatic heterocycles. The molecule has 2 aliphatic rings. The number of fused-ring (bicyclic) bond motifs is 1. The first-order chi connectivity index (χ1) is 8.00. The van der Waals surface area contributed by atoms with E-state index >= 15 is 0 Å². The van der Waals surface area contributed by atoms with Crippen LogP contribution in [-0.2, 0) is 0 Å². The van der Waals surface area contributed by atoms with E-state index < -0.39 is 0 Å². The molecule has 2 unspecified atom stereocenters. The molecule has 0 radical (unpaired) electrons. The second-order valence-electron chi connectivity index (χ2n) is 6.43. The van der Waals surface area contributed by atoms with Gasteiger partial charge in [0.25, 0.3) is 0 Å². The molecule has 98 valence electrons. The number of nitrogens with two attached hydrogens (primary N) is 1. The van der Waals surface area contributed by atoms with Crippen LogP contribution in [0.1, 0.15) is 52.4 Å². The molecule has 17 heavy (non-hydrogen) atoms. The second-order valence-corrected chi connectivity index (χ2v) is 6.87. The van der Waals surface area contributed by atoms with E-state index in [9.17, 15) is 0 Å². The van der Waals surface area contributed by atoms with Gasteiger partial charge in [-0.1, -0.05) is 38.9 Å². The molecule has 1 saturated heterocycles. The quantitative estimate of drug-likeness (QED) is 0.782. The first-order valence-corrected chi connectivity index (χ1v) is 7.45. The molecule has 1 saturated carbocycles. The minimum absolute atomic E-state index is 0.0160. The number of hydrogen-bond donors (Lipinski definition) is 1. The lowest BCUT2D eigenvalue weighted by Gasteiger charge is -2.34. The molecule has 0 aromatic heterocycles. The molecular formula is C14H26N2S. The van der Waals surface area contributed by atoms with Gasteiger partial charge in [-0.3, -0.25) is 0 Å². The molecule has 0 amide bonds. The van der Waals surface area contributed by atoms with Crippen molar-refractivity contribution in [2.24, 2.45) is 17.1 Å². The Kier molecular flexibility index (Phi) is 4.09. The maximum Gasteiger partial charge on any atom is 0.0784 e. The molecule has 2 fully saturated rings. The highest BCUT2D eigenvalue weighted by molar-refractivity contribution is 7.80. The van der Waals surface area contributed by atoms with Crippen molar-refractivity contribution in [2.45, 2.75) is 58.4 Å². The van der Waals surface area contributed by atoms with E-state index in [1.165, 1.54) is 45.2 Å². The van der Waals surface area contributed by atoms with E-state index in [2.05, 4.69) is 18.7 Å².